The van der Waals surface area contributed by atoms with E-state index in [1.165, 1.54) is 13.0 Å². The van der Waals surface area contributed by atoms with Crippen molar-refractivity contribution in [2.45, 2.75) is 13.5 Å². The number of nitrogens with two attached hydrogens (primary N) is 1. The average Bonchev–Trinajstić information content (AvgIpc) is 2.45. The Balaban J connectivity index is 2.16. The van der Waals surface area contributed by atoms with Crippen molar-refractivity contribution in [2.75, 3.05) is 5.73 Å². The number of anilines is 1. The van der Waals surface area contributed by atoms with E-state index in [4.69, 9.17) is 15.6 Å². The van der Waals surface area contributed by atoms with Gasteiger partial charge in [0.1, 0.15) is 12.4 Å². The van der Waals surface area contributed by atoms with Crippen LogP contribution in [0, 0.1) is 0 Å². The molecule has 0 saturated carbocycles. The van der Waals surface area contributed by atoms with Crippen molar-refractivity contribution in [1.29, 1.82) is 0 Å². The summed E-state index contributed by atoms with van der Waals surface area (Å²) in [7, 11) is 0. The molecular formula is C16H15NO4. The zero-order valence-electron chi connectivity index (χ0n) is 11.5. The molecule has 0 saturated heterocycles. The van der Waals surface area contributed by atoms with E-state index in [0.29, 0.717) is 22.6 Å². The van der Waals surface area contributed by atoms with Crippen LogP contribution in [-0.4, -0.2) is 16.9 Å². The van der Waals surface area contributed by atoms with Gasteiger partial charge in [0, 0.05) is 22.9 Å². The van der Waals surface area contributed by atoms with Crippen LogP contribution in [0.15, 0.2) is 42.5 Å². The van der Waals surface area contributed by atoms with Crippen LogP contribution >= 0.6 is 0 Å². The molecule has 0 aliphatic heterocycles. The quantitative estimate of drug-likeness (QED) is 0.651. The van der Waals surface area contributed by atoms with E-state index >= 15 is 0 Å². The van der Waals surface area contributed by atoms with Crippen molar-refractivity contribution in [3.63, 3.8) is 0 Å². The fourth-order valence-corrected chi connectivity index (χ4v) is 1.97. The van der Waals surface area contributed by atoms with Crippen LogP contribution in [0.2, 0.25) is 0 Å². The Bertz CT molecular complexity index is 694. The van der Waals surface area contributed by atoms with Crippen LogP contribution in [-0.2, 0) is 6.61 Å². The zero-order valence-corrected chi connectivity index (χ0v) is 11.5. The number of Topliss-reactive ketones (excluding diaryl/α,β-unsaturated/α-hetero) is 1. The van der Waals surface area contributed by atoms with Crippen LogP contribution in [0.4, 0.5) is 5.69 Å². The Morgan fingerprint density at radius 2 is 1.86 bits per heavy atom. The molecule has 0 fully saturated rings. The summed E-state index contributed by atoms with van der Waals surface area (Å²) < 4.78 is 5.54. The molecule has 2 rings (SSSR count). The monoisotopic (exact) mass is 285 g/mol. The third kappa shape index (κ3) is 3.39. The molecule has 2 aromatic carbocycles. The summed E-state index contributed by atoms with van der Waals surface area (Å²) in [5.74, 6) is -0.631. The van der Waals surface area contributed by atoms with E-state index in [1.54, 1.807) is 36.4 Å². The van der Waals surface area contributed by atoms with E-state index in [-0.39, 0.29) is 18.0 Å². The van der Waals surface area contributed by atoms with Gasteiger partial charge in [0.25, 0.3) is 0 Å². The third-order valence-corrected chi connectivity index (χ3v) is 3.04. The standard InChI is InChI=1S/C16H15NO4/c1-10(18)13-7-6-12(8-15(13)17)21-9-11-4-2-3-5-14(11)16(19)20/h2-8H,9,17H2,1H3,(H,19,20). The highest BCUT2D eigenvalue weighted by molar-refractivity contribution is 5.99. The molecule has 3 N–H and O–H groups in total. The molecule has 0 heterocycles. The lowest BCUT2D eigenvalue weighted by atomic mass is 10.1. The van der Waals surface area contributed by atoms with Gasteiger partial charge in [-0.2, -0.15) is 0 Å². The number of carbonyl (C=O) groups is 2. The molecule has 0 unspecified atom stereocenters. The number of hydrogen-bond donors (Lipinski definition) is 2. The number of carboxylic acid groups (broad SMARTS) is 1. The molecular weight excluding hydrogens is 270 g/mol. The number of carbonyl (C=O) groups excluding carboxylic acids is 1. The van der Waals surface area contributed by atoms with Gasteiger partial charge in [-0.3, -0.25) is 4.79 Å². The van der Waals surface area contributed by atoms with Gasteiger partial charge in [0.05, 0.1) is 5.56 Å². The van der Waals surface area contributed by atoms with Crippen LogP contribution in [0.25, 0.3) is 0 Å². The molecule has 108 valence electrons. The van der Waals surface area contributed by atoms with Crippen molar-refractivity contribution in [1.82, 2.24) is 0 Å². The number of carboxylic acids is 1. The molecule has 0 atom stereocenters. The molecule has 0 amide bonds. The fraction of sp³-hybridized carbons (Fsp3) is 0.125. The summed E-state index contributed by atoms with van der Waals surface area (Å²) >= 11 is 0. The van der Waals surface area contributed by atoms with Crippen molar-refractivity contribution in [3.8, 4) is 5.75 Å². The molecule has 0 spiro atoms. The maximum Gasteiger partial charge on any atom is 0.336 e. The molecule has 0 aliphatic rings. The predicted octanol–water partition coefficient (Wildman–Crippen LogP) is 2.75. The molecule has 0 radical (unpaired) electrons. The maximum absolute atomic E-state index is 11.3. The van der Waals surface area contributed by atoms with Crippen molar-refractivity contribution in [2.24, 2.45) is 0 Å². The van der Waals surface area contributed by atoms with Gasteiger partial charge in [-0.25, -0.2) is 4.79 Å². The molecule has 0 aliphatic carbocycles. The van der Waals surface area contributed by atoms with E-state index < -0.39 is 5.97 Å². The Morgan fingerprint density at radius 3 is 2.48 bits per heavy atom. The Hall–Kier alpha value is -2.82. The lowest BCUT2D eigenvalue weighted by molar-refractivity contribution is 0.0693. The number of hydrogen-bond acceptors (Lipinski definition) is 4. The molecule has 21 heavy (non-hydrogen) atoms. The van der Waals surface area contributed by atoms with Gasteiger partial charge in [-0.1, -0.05) is 18.2 Å². The van der Waals surface area contributed by atoms with E-state index in [9.17, 15) is 9.59 Å². The highest BCUT2D eigenvalue weighted by atomic mass is 16.5. The van der Waals surface area contributed by atoms with E-state index in [2.05, 4.69) is 0 Å². The largest absolute Gasteiger partial charge is 0.489 e. The Labute approximate surface area is 122 Å². The van der Waals surface area contributed by atoms with Gasteiger partial charge in [-0.15, -0.1) is 0 Å². The summed E-state index contributed by atoms with van der Waals surface area (Å²) in [5, 5.41) is 9.09. The number of benzene rings is 2. The van der Waals surface area contributed by atoms with Crippen molar-refractivity contribution < 1.29 is 19.4 Å². The second-order valence-electron chi connectivity index (χ2n) is 4.56. The normalized spacial score (nSPS) is 10.1. The predicted molar refractivity (Wildman–Crippen MR) is 78.6 cm³/mol. The highest BCUT2D eigenvalue weighted by Gasteiger charge is 2.10. The first-order chi connectivity index (χ1) is 9.99. The molecule has 5 heteroatoms. The summed E-state index contributed by atoms with van der Waals surface area (Å²) in [4.78, 5) is 22.4. The Morgan fingerprint density at radius 1 is 1.14 bits per heavy atom. The summed E-state index contributed by atoms with van der Waals surface area (Å²) in [6, 6.07) is 11.4. The maximum atomic E-state index is 11.3. The summed E-state index contributed by atoms with van der Waals surface area (Å²) in [6.45, 7) is 1.55. The first-order valence-corrected chi connectivity index (χ1v) is 6.33. The van der Waals surface area contributed by atoms with Gasteiger partial charge in [0.15, 0.2) is 5.78 Å². The third-order valence-electron chi connectivity index (χ3n) is 3.04. The number of aromatic carboxylic acids is 1. The lowest BCUT2D eigenvalue weighted by Gasteiger charge is -2.10. The van der Waals surface area contributed by atoms with Crippen LogP contribution in [0.1, 0.15) is 33.2 Å². The number of nitrogen functional groups attached to an aromatic ring is 1. The first kappa shape index (κ1) is 14.6. The lowest BCUT2D eigenvalue weighted by Crippen LogP contribution is -2.06. The van der Waals surface area contributed by atoms with Gasteiger partial charge in [0.2, 0.25) is 0 Å². The topological polar surface area (TPSA) is 89.6 Å². The smallest absolute Gasteiger partial charge is 0.336 e. The average molecular weight is 285 g/mol. The number of rotatable bonds is 5. The molecule has 5 nitrogen and oxygen atoms in total. The van der Waals surface area contributed by atoms with Crippen LogP contribution in [0.3, 0.4) is 0 Å². The van der Waals surface area contributed by atoms with Crippen LogP contribution in [0.5, 0.6) is 5.75 Å². The minimum atomic E-state index is -0.999. The van der Waals surface area contributed by atoms with Gasteiger partial charge < -0.3 is 15.6 Å². The number of ether oxygens (including phenoxy) is 1. The Kier molecular flexibility index (Phi) is 4.23. The van der Waals surface area contributed by atoms with Gasteiger partial charge in [-0.05, 0) is 25.1 Å². The molecule has 0 aromatic heterocycles. The van der Waals surface area contributed by atoms with Crippen molar-refractivity contribution >= 4 is 17.4 Å². The summed E-state index contributed by atoms with van der Waals surface area (Å²) in [6.07, 6.45) is 0. The minimum Gasteiger partial charge on any atom is -0.489 e. The first-order valence-electron chi connectivity index (χ1n) is 6.33. The second kappa shape index (κ2) is 6.09. The van der Waals surface area contributed by atoms with Gasteiger partial charge >= 0.3 is 5.97 Å². The van der Waals surface area contributed by atoms with Crippen LogP contribution < -0.4 is 10.5 Å². The van der Waals surface area contributed by atoms with E-state index in [1.807, 2.05) is 0 Å². The molecule has 2 aromatic rings. The van der Waals surface area contributed by atoms with Crippen molar-refractivity contribution in [3.05, 3.63) is 59.2 Å². The highest BCUT2D eigenvalue weighted by Crippen LogP contribution is 2.22. The number of ketones is 1. The molecule has 0 bridgehead atoms. The van der Waals surface area contributed by atoms with E-state index in [0.717, 1.165) is 0 Å². The second-order valence-corrected chi connectivity index (χ2v) is 4.56. The zero-order chi connectivity index (χ0) is 15.4. The SMILES string of the molecule is CC(=O)c1ccc(OCc2ccccc2C(=O)O)cc1N. The fourth-order valence-electron chi connectivity index (χ4n) is 1.97. The minimum absolute atomic E-state index is 0.112. The summed E-state index contributed by atoms with van der Waals surface area (Å²) in [5.41, 5.74) is 7.32.